The van der Waals surface area contributed by atoms with E-state index < -0.39 is 10.0 Å². The maximum absolute atomic E-state index is 12.9. The van der Waals surface area contributed by atoms with Gasteiger partial charge in [0.25, 0.3) is 10.0 Å². The zero-order valence-corrected chi connectivity index (χ0v) is 12.0. The van der Waals surface area contributed by atoms with Gasteiger partial charge in [-0.2, -0.15) is 0 Å². The van der Waals surface area contributed by atoms with Gasteiger partial charge in [-0.1, -0.05) is 18.2 Å². The Kier molecular flexibility index (Phi) is 3.22. The molecule has 1 aliphatic carbocycles. The number of rotatable bonds is 4. The van der Waals surface area contributed by atoms with Crippen LogP contribution in [0.4, 0.5) is 5.82 Å². The number of pyridine rings is 1. The van der Waals surface area contributed by atoms with Gasteiger partial charge in [0.1, 0.15) is 5.82 Å². The normalized spacial score (nSPS) is 15.1. The van der Waals surface area contributed by atoms with Crippen LogP contribution >= 0.6 is 0 Å². The van der Waals surface area contributed by atoms with Crippen molar-refractivity contribution in [2.75, 3.05) is 4.31 Å². The molecule has 0 N–H and O–H groups in total. The third-order valence-electron chi connectivity index (χ3n) is 3.30. The molecule has 0 saturated heterocycles. The van der Waals surface area contributed by atoms with Crippen LogP contribution in [0.2, 0.25) is 0 Å². The molecule has 4 nitrogen and oxygen atoms in total. The molecule has 0 amide bonds. The molecule has 0 radical (unpaired) electrons. The number of aromatic nitrogens is 1. The van der Waals surface area contributed by atoms with Crippen molar-refractivity contribution in [1.82, 2.24) is 4.98 Å². The van der Waals surface area contributed by atoms with Gasteiger partial charge in [0.05, 0.1) is 4.90 Å². The average molecular weight is 288 g/mol. The largest absolute Gasteiger partial charge is 0.265 e. The second kappa shape index (κ2) is 4.90. The highest BCUT2D eigenvalue weighted by Crippen LogP contribution is 2.35. The number of nitrogens with zero attached hydrogens (tertiary/aromatic N) is 2. The molecule has 1 aromatic heterocycles. The Bertz CT molecular complexity index is 710. The van der Waals surface area contributed by atoms with Crippen LogP contribution in [0.25, 0.3) is 0 Å². The SMILES string of the molecule is Cc1cccc(S(=O)(=O)N(c2ccccn2)C2CC2)c1. The molecule has 0 atom stereocenters. The first kappa shape index (κ1) is 13.1. The highest BCUT2D eigenvalue weighted by molar-refractivity contribution is 7.92. The monoisotopic (exact) mass is 288 g/mol. The number of benzene rings is 1. The molecule has 1 heterocycles. The van der Waals surface area contributed by atoms with Gasteiger partial charge < -0.3 is 0 Å². The Balaban J connectivity index is 2.07. The van der Waals surface area contributed by atoms with E-state index >= 15 is 0 Å². The molecule has 1 aliphatic rings. The first-order valence-electron chi connectivity index (χ1n) is 6.61. The molecule has 3 rings (SSSR count). The topological polar surface area (TPSA) is 50.3 Å². The van der Waals surface area contributed by atoms with Crippen LogP contribution in [0.15, 0.2) is 53.6 Å². The van der Waals surface area contributed by atoms with Gasteiger partial charge in [-0.25, -0.2) is 17.7 Å². The van der Waals surface area contributed by atoms with Crippen LogP contribution in [-0.2, 0) is 10.0 Å². The van der Waals surface area contributed by atoms with Crippen molar-refractivity contribution in [3.8, 4) is 0 Å². The second-order valence-electron chi connectivity index (χ2n) is 5.04. The highest BCUT2D eigenvalue weighted by Gasteiger charge is 2.39. The van der Waals surface area contributed by atoms with Gasteiger partial charge in [-0.3, -0.25) is 0 Å². The van der Waals surface area contributed by atoms with Crippen LogP contribution in [0.1, 0.15) is 18.4 Å². The van der Waals surface area contributed by atoms with Crippen LogP contribution in [0.3, 0.4) is 0 Å². The molecule has 20 heavy (non-hydrogen) atoms. The van der Waals surface area contributed by atoms with Crippen molar-refractivity contribution >= 4 is 15.8 Å². The lowest BCUT2D eigenvalue weighted by Crippen LogP contribution is -2.33. The standard InChI is InChI=1S/C15H16N2O2S/c1-12-5-4-6-14(11-12)20(18,19)17(13-8-9-13)15-7-2-3-10-16-15/h2-7,10-11,13H,8-9H2,1H3. The van der Waals surface area contributed by atoms with Crippen LogP contribution < -0.4 is 4.31 Å². The summed E-state index contributed by atoms with van der Waals surface area (Å²) >= 11 is 0. The van der Waals surface area contributed by atoms with E-state index in [1.807, 2.05) is 19.1 Å². The van der Waals surface area contributed by atoms with Crippen LogP contribution in [0, 0.1) is 6.92 Å². The maximum Gasteiger partial charge on any atom is 0.265 e. The lowest BCUT2D eigenvalue weighted by molar-refractivity contribution is 0.589. The number of sulfonamides is 1. The minimum Gasteiger partial charge on any atom is -0.247 e. The fourth-order valence-corrected chi connectivity index (χ4v) is 3.96. The Labute approximate surface area is 119 Å². The van der Waals surface area contributed by atoms with Crippen molar-refractivity contribution in [1.29, 1.82) is 0 Å². The molecule has 0 aliphatic heterocycles. The fourth-order valence-electron chi connectivity index (χ4n) is 2.19. The van der Waals surface area contributed by atoms with E-state index in [4.69, 9.17) is 0 Å². The summed E-state index contributed by atoms with van der Waals surface area (Å²) < 4.78 is 27.2. The van der Waals surface area contributed by atoms with E-state index in [1.165, 1.54) is 4.31 Å². The summed E-state index contributed by atoms with van der Waals surface area (Å²) in [5.41, 5.74) is 0.933. The van der Waals surface area contributed by atoms with E-state index in [2.05, 4.69) is 4.98 Å². The molecule has 0 unspecified atom stereocenters. The molecule has 2 aromatic rings. The zero-order chi connectivity index (χ0) is 14.2. The third kappa shape index (κ3) is 2.41. The predicted octanol–water partition coefficient (Wildman–Crippen LogP) is 2.75. The van der Waals surface area contributed by atoms with Crippen molar-refractivity contribution < 1.29 is 8.42 Å². The summed E-state index contributed by atoms with van der Waals surface area (Å²) in [7, 11) is -3.54. The summed E-state index contributed by atoms with van der Waals surface area (Å²) in [5, 5.41) is 0. The molecule has 0 spiro atoms. The maximum atomic E-state index is 12.9. The van der Waals surface area contributed by atoms with Crippen molar-refractivity contribution in [3.63, 3.8) is 0 Å². The quantitative estimate of drug-likeness (QED) is 0.869. The minimum absolute atomic E-state index is 0.0374. The van der Waals surface area contributed by atoms with Gasteiger partial charge in [0, 0.05) is 12.2 Å². The minimum atomic E-state index is -3.54. The van der Waals surface area contributed by atoms with Gasteiger partial charge in [0.2, 0.25) is 0 Å². The summed E-state index contributed by atoms with van der Waals surface area (Å²) in [5.74, 6) is 0.497. The van der Waals surface area contributed by atoms with E-state index in [1.54, 1.807) is 36.5 Å². The smallest absolute Gasteiger partial charge is 0.247 e. The number of hydrogen-bond donors (Lipinski definition) is 0. The molecule has 104 valence electrons. The van der Waals surface area contributed by atoms with E-state index in [9.17, 15) is 8.42 Å². The number of anilines is 1. The molecule has 5 heteroatoms. The average Bonchev–Trinajstić information content (AvgIpc) is 3.24. The van der Waals surface area contributed by atoms with Crippen LogP contribution in [0.5, 0.6) is 0 Å². The lowest BCUT2D eigenvalue weighted by Gasteiger charge is -2.23. The highest BCUT2D eigenvalue weighted by atomic mass is 32.2. The third-order valence-corrected chi connectivity index (χ3v) is 5.15. The van der Waals surface area contributed by atoms with Crippen molar-refractivity contribution in [2.24, 2.45) is 0 Å². The zero-order valence-electron chi connectivity index (χ0n) is 11.2. The van der Waals surface area contributed by atoms with Gasteiger partial charge in [-0.15, -0.1) is 0 Å². The number of hydrogen-bond acceptors (Lipinski definition) is 3. The lowest BCUT2D eigenvalue weighted by atomic mass is 10.2. The molecule has 1 saturated carbocycles. The molecule has 1 fully saturated rings. The summed E-state index contributed by atoms with van der Waals surface area (Å²) in [4.78, 5) is 4.53. The molecule has 0 bridgehead atoms. The Morgan fingerprint density at radius 2 is 1.95 bits per heavy atom. The first-order chi connectivity index (χ1) is 9.59. The molecular weight excluding hydrogens is 272 g/mol. The summed E-state index contributed by atoms with van der Waals surface area (Å²) in [6.07, 6.45) is 3.40. The van der Waals surface area contributed by atoms with Gasteiger partial charge >= 0.3 is 0 Å². The Morgan fingerprint density at radius 1 is 1.15 bits per heavy atom. The Hall–Kier alpha value is -1.88. The molecule has 1 aromatic carbocycles. The fraction of sp³-hybridized carbons (Fsp3) is 0.267. The molecular formula is C15H16N2O2S. The number of aryl methyl sites for hydroxylation is 1. The first-order valence-corrected chi connectivity index (χ1v) is 8.05. The van der Waals surface area contributed by atoms with E-state index in [0.717, 1.165) is 18.4 Å². The second-order valence-corrected chi connectivity index (χ2v) is 6.85. The Morgan fingerprint density at radius 3 is 2.55 bits per heavy atom. The van der Waals surface area contributed by atoms with Crippen LogP contribution in [-0.4, -0.2) is 19.4 Å². The van der Waals surface area contributed by atoms with E-state index in [0.29, 0.717) is 10.7 Å². The van der Waals surface area contributed by atoms with Crippen molar-refractivity contribution in [3.05, 3.63) is 54.2 Å². The van der Waals surface area contributed by atoms with Crippen molar-refractivity contribution in [2.45, 2.75) is 30.7 Å². The van der Waals surface area contributed by atoms with Gasteiger partial charge in [-0.05, 0) is 49.6 Å². The van der Waals surface area contributed by atoms with Gasteiger partial charge in [0.15, 0.2) is 0 Å². The summed E-state index contributed by atoms with van der Waals surface area (Å²) in [6.45, 7) is 1.89. The summed E-state index contributed by atoms with van der Waals surface area (Å²) in [6, 6.07) is 12.4. The van der Waals surface area contributed by atoms with E-state index in [-0.39, 0.29) is 6.04 Å². The predicted molar refractivity (Wildman–Crippen MR) is 78.1 cm³/mol.